The summed E-state index contributed by atoms with van der Waals surface area (Å²) in [5.41, 5.74) is 0. The molecule has 0 saturated heterocycles. The number of hydrogen-bond donors (Lipinski definition) is 0. The molecule has 0 amide bonds. The molecule has 0 fully saturated rings. The van der Waals surface area contributed by atoms with Gasteiger partial charge in [-0.25, -0.2) is 9.97 Å². The van der Waals surface area contributed by atoms with Crippen molar-refractivity contribution < 1.29 is 9.53 Å². The molecular weight excluding hydrogens is 238 g/mol. The van der Waals surface area contributed by atoms with Crippen molar-refractivity contribution >= 4 is 23.5 Å². The molecule has 94 valence electrons. The monoisotopic (exact) mass is 255 g/mol. The molecule has 0 spiro atoms. The normalized spacial score (nSPS) is 10.1. The molecule has 1 heterocycles. The van der Waals surface area contributed by atoms with Gasteiger partial charge in [-0.2, -0.15) is 0 Å². The second-order valence-electron chi connectivity index (χ2n) is 3.24. The van der Waals surface area contributed by atoms with Crippen LogP contribution in [-0.4, -0.2) is 41.9 Å². The molecule has 0 saturated carbocycles. The number of carbonyl (C=O) groups excluding carboxylic acids is 1. The number of aromatic nitrogens is 2. The van der Waals surface area contributed by atoms with Gasteiger partial charge in [0, 0.05) is 12.6 Å². The topological polar surface area (TPSA) is 55.3 Å². The number of rotatable bonds is 6. The van der Waals surface area contributed by atoms with Gasteiger partial charge in [-0.3, -0.25) is 4.79 Å². The van der Waals surface area contributed by atoms with E-state index in [9.17, 15) is 4.79 Å². The molecule has 6 heteroatoms. The minimum atomic E-state index is -0.237. The molecule has 1 aromatic heterocycles. The second kappa shape index (κ2) is 7.11. The molecule has 0 aliphatic heterocycles. The Labute approximate surface area is 106 Å². The van der Waals surface area contributed by atoms with E-state index in [4.69, 9.17) is 4.74 Å². The van der Waals surface area contributed by atoms with Gasteiger partial charge in [0.25, 0.3) is 0 Å². The van der Waals surface area contributed by atoms with Crippen LogP contribution in [0, 0.1) is 0 Å². The van der Waals surface area contributed by atoms with Crippen molar-refractivity contribution in [1.82, 2.24) is 9.97 Å². The summed E-state index contributed by atoms with van der Waals surface area (Å²) in [5, 5.41) is 0.886. The van der Waals surface area contributed by atoms with Crippen LogP contribution in [0.25, 0.3) is 0 Å². The molecule has 0 aromatic carbocycles. The lowest BCUT2D eigenvalue weighted by Crippen LogP contribution is -2.31. The maximum absolute atomic E-state index is 11.4. The molecule has 5 nitrogen and oxygen atoms in total. The molecule has 0 radical (unpaired) electrons. The molecule has 0 atom stereocenters. The van der Waals surface area contributed by atoms with Gasteiger partial charge in [-0.15, -0.1) is 11.8 Å². The maximum Gasteiger partial charge on any atom is 0.325 e. The second-order valence-corrected chi connectivity index (χ2v) is 4.06. The molecule has 1 rings (SSSR count). The highest BCUT2D eigenvalue weighted by atomic mass is 32.2. The van der Waals surface area contributed by atoms with Gasteiger partial charge < -0.3 is 9.64 Å². The van der Waals surface area contributed by atoms with Crippen LogP contribution in [-0.2, 0) is 9.53 Å². The van der Waals surface area contributed by atoms with Gasteiger partial charge in [0.15, 0.2) is 0 Å². The third-order valence-electron chi connectivity index (χ3n) is 2.17. The summed E-state index contributed by atoms with van der Waals surface area (Å²) >= 11 is 1.55. The molecule has 0 bridgehead atoms. The predicted octanol–water partition coefficient (Wildman–Crippen LogP) is 1.59. The van der Waals surface area contributed by atoms with Gasteiger partial charge in [0.05, 0.1) is 6.61 Å². The van der Waals surface area contributed by atoms with E-state index in [1.165, 1.54) is 6.33 Å². The van der Waals surface area contributed by atoms with Gasteiger partial charge in [0.1, 0.15) is 23.7 Å². The van der Waals surface area contributed by atoms with Crippen molar-refractivity contribution in [2.75, 3.05) is 30.9 Å². The summed E-state index contributed by atoms with van der Waals surface area (Å²) in [6.07, 6.45) is 3.46. The van der Waals surface area contributed by atoms with E-state index in [0.29, 0.717) is 13.2 Å². The first-order valence-electron chi connectivity index (χ1n) is 5.47. The van der Waals surface area contributed by atoms with Crippen LogP contribution >= 0.6 is 11.8 Å². The predicted molar refractivity (Wildman–Crippen MR) is 68.3 cm³/mol. The Morgan fingerprint density at radius 2 is 2.24 bits per heavy atom. The first kappa shape index (κ1) is 13.8. The standard InChI is InChI=1S/C11H17N3O2S/c1-4-14(7-11(15)16-5-2)9-6-10(17-3)13-8-12-9/h6,8H,4-5,7H2,1-3H3. The molecule has 17 heavy (non-hydrogen) atoms. The van der Waals surface area contributed by atoms with Crippen molar-refractivity contribution in [3.63, 3.8) is 0 Å². The lowest BCUT2D eigenvalue weighted by Gasteiger charge is -2.20. The Morgan fingerprint density at radius 1 is 1.47 bits per heavy atom. The Kier molecular flexibility index (Phi) is 5.76. The van der Waals surface area contributed by atoms with E-state index in [0.717, 1.165) is 10.8 Å². The number of esters is 1. The first-order valence-corrected chi connectivity index (χ1v) is 6.70. The fraction of sp³-hybridized carbons (Fsp3) is 0.545. The van der Waals surface area contributed by atoms with E-state index in [1.807, 2.05) is 24.1 Å². The SMILES string of the molecule is CCOC(=O)CN(CC)c1cc(SC)ncn1. The Balaban J connectivity index is 2.74. The number of anilines is 1. The minimum Gasteiger partial charge on any atom is -0.465 e. The highest BCUT2D eigenvalue weighted by Gasteiger charge is 2.12. The van der Waals surface area contributed by atoms with E-state index in [1.54, 1.807) is 18.7 Å². The number of hydrogen-bond acceptors (Lipinski definition) is 6. The first-order chi connectivity index (χ1) is 8.21. The lowest BCUT2D eigenvalue weighted by atomic mass is 10.4. The highest BCUT2D eigenvalue weighted by molar-refractivity contribution is 7.98. The van der Waals surface area contributed by atoms with Crippen LogP contribution in [0.2, 0.25) is 0 Å². The lowest BCUT2D eigenvalue weighted by molar-refractivity contribution is -0.141. The average Bonchev–Trinajstić information content (AvgIpc) is 2.36. The van der Waals surface area contributed by atoms with E-state index in [-0.39, 0.29) is 12.5 Å². The van der Waals surface area contributed by atoms with Gasteiger partial charge in [-0.1, -0.05) is 0 Å². The average molecular weight is 255 g/mol. The molecule has 0 unspecified atom stereocenters. The number of ether oxygens (including phenoxy) is 1. The van der Waals surface area contributed by atoms with Gasteiger partial charge in [-0.05, 0) is 20.1 Å². The van der Waals surface area contributed by atoms with Crippen LogP contribution in [0.5, 0.6) is 0 Å². The summed E-state index contributed by atoms with van der Waals surface area (Å²) in [6, 6.07) is 1.87. The molecule has 1 aromatic rings. The zero-order chi connectivity index (χ0) is 12.7. The van der Waals surface area contributed by atoms with Crippen molar-refractivity contribution in [3.8, 4) is 0 Å². The van der Waals surface area contributed by atoms with Gasteiger partial charge in [0.2, 0.25) is 0 Å². The minimum absolute atomic E-state index is 0.217. The molecular formula is C11H17N3O2S. The number of thioether (sulfide) groups is 1. The Bertz CT molecular complexity index is 373. The molecule has 0 aliphatic rings. The van der Waals surface area contributed by atoms with Crippen LogP contribution in [0.3, 0.4) is 0 Å². The summed E-state index contributed by atoms with van der Waals surface area (Å²) < 4.78 is 4.92. The van der Waals surface area contributed by atoms with Crippen molar-refractivity contribution in [3.05, 3.63) is 12.4 Å². The summed E-state index contributed by atoms with van der Waals surface area (Å²) in [4.78, 5) is 21.6. The molecule has 0 aliphatic carbocycles. The van der Waals surface area contributed by atoms with Crippen LogP contribution in [0.1, 0.15) is 13.8 Å². The highest BCUT2D eigenvalue weighted by Crippen LogP contribution is 2.16. The fourth-order valence-corrected chi connectivity index (χ4v) is 1.71. The van der Waals surface area contributed by atoms with Gasteiger partial charge >= 0.3 is 5.97 Å². The molecule has 0 N–H and O–H groups in total. The van der Waals surface area contributed by atoms with E-state index in [2.05, 4.69) is 9.97 Å². The maximum atomic E-state index is 11.4. The van der Waals surface area contributed by atoms with E-state index >= 15 is 0 Å². The zero-order valence-corrected chi connectivity index (χ0v) is 11.2. The number of carbonyl (C=O) groups is 1. The summed E-state index contributed by atoms with van der Waals surface area (Å²) in [7, 11) is 0. The Morgan fingerprint density at radius 3 is 2.82 bits per heavy atom. The number of likely N-dealkylation sites (N-methyl/N-ethyl adjacent to an activating group) is 1. The zero-order valence-electron chi connectivity index (χ0n) is 10.3. The van der Waals surface area contributed by atoms with Crippen molar-refractivity contribution in [1.29, 1.82) is 0 Å². The smallest absolute Gasteiger partial charge is 0.325 e. The van der Waals surface area contributed by atoms with Crippen LogP contribution < -0.4 is 4.90 Å². The van der Waals surface area contributed by atoms with E-state index < -0.39 is 0 Å². The third kappa shape index (κ3) is 4.22. The Hall–Kier alpha value is -1.30. The van der Waals surface area contributed by atoms with Crippen LogP contribution in [0.15, 0.2) is 17.4 Å². The van der Waals surface area contributed by atoms with Crippen molar-refractivity contribution in [2.45, 2.75) is 18.9 Å². The van der Waals surface area contributed by atoms with Crippen LogP contribution in [0.4, 0.5) is 5.82 Å². The summed E-state index contributed by atoms with van der Waals surface area (Å²) in [5.74, 6) is 0.513. The number of nitrogens with zero attached hydrogens (tertiary/aromatic N) is 3. The van der Waals surface area contributed by atoms with Crippen molar-refractivity contribution in [2.24, 2.45) is 0 Å². The largest absolute Gasteiger partial charge is 0.465 e. The third-order valence-corrected chi connectivity index (χ3v) is 2.81. The summed E-state index contributed by atoms with van der Waals surface area (Å²) in [6.45, 7) is 5.08. The fourth-order valence-electron chi connectivity index (χ4n) is 1.33. The quantitative estimate of drug-likeness (QED) is 0.437.